The lowest BCUT2D eigenvalue weighted by Gasteiger charge is -2.29. The average molecular weight is 320 g/mol. The molecule has 0 saturated carbocycles. The molecule has 0 aliphatic carbocycles. The van der Waals surface area contributed by atoms with Crippen molar-refractivity contribution in [3.8, 4) is 5.75 Å². The molecular formula is C16H17FN2O4. The molecule has 0 spiro atoms. The van der Waals surface area contributed by atoms with Gasteiger partial charge in [-0.3, -0.25) is 4.79 Å². The van der Waals surface area contributed by atoms with Crippen LogP contribution >= 0.6 is 0 Å². The summed E-state index contributed by atoms with van der Waals surface area (Å²) in [6, 6.07) is 0.886. The molecule has 1 aromatic heterocycles. The highest BCUT2D eigenvalue weighted by Gasteiger charge is 2.28. The van der Waals surface area contributed by atoms with Crippen molar-refractivity contribution < 1.29 is 19.0 Å². The molecule has 0 fully saturated rings. The molecule has 1 aromatic carbocycles. The molecule has 0 bridgehead atoms. The Morgan fingerprint density at radius 3 is 2.83 bits per heavy atom. The number of ether oxygens (including phenoxy) is 1. The first-order valence-electron chi connectivity index (χ1n) is 7.35. The lowest BCUT2D eigenvalue weighted by molar-refractivity contribution is 0.0694. The third-order valence-electron chi connectivity index (χ3n) is 3.83. The van der Waals surface area contributed by atoms with E-state index in [9.17, 15) is 19.1 Å². The van der Waals surface area contributed by atoms with E-state index in [4.69, 9.17) is 4.74 Å². The SMILES string of the molecule is CC(C)Nc1c(F)cc2c(=O)c(C(=O)O)cn3c2c1OCC3C. The highest BCUT2D eigenvalue weighted by atomic mass is 19.1. The van der Waals surface area contributed by atoms with Gasteiger partial charge in [0.1, 0.15) is 17.9 Å². The molecule has 0 amide bonds. The van der Waals surface area contributed by atoms with E-state index < -0.39 is 17.2 Å². The van der Waals surface area contributed by atoms with Gasteiger partial charge in [0, 0.05) is 12.2 Å². The van der Waals surface area contributed by atoms with Gasteiger partial charge in [-0.05, 0) is 26.8 Å². The number of aromatic nitrogens is 1. The van der Waals surface area contributed by atoms with Gasteiger partial charge in [0.25, 0.3) is 0 Å². The Kier molecular flexibility index (Phi) is 3.50. The fourth-order valence-electron chi connectivity index (χ4n) is 2.80. The summed E-state index contributed by atoms with van der Waals surface area (Å²) in [5.41, 5.74) is -0.474. The van der Waals surface area contributed by atoms with Crippen LogP contribution in [0.5, 0.6) is 5.75 Å². The number of benzene rings is 1. The first-order chi connectivity index (χ1) is 10.8. The molecular weight excluding hydrogens is 303 g/mol. The molecule has 23 heavy (non-hydrogen) atoms. The predicted molar refractivity (Wildman–Crippen MR) is 84.1 cm³/mol. The van der Waals surface area contributed by atoms with E-state index >= 15 is 0 Å². The van der Waals surface area contributed by atoms with Crippen LogP contribution in [-0.2, 0) is 0 Å². The van der Waals surface area contributed by atoms with Crippen LogP contribution in [0.3, 0.4) is 0 Å². The van der Waals surface area contributed by atoms with Crippen molar-refractivity contribution in [2.24, 2.45) is 0 Å². The van der Waals surface area contributed by atoms with Crippen LogP contribution in [0.15, 0.2) is 17.1 Å². The number of nitrogens with one attached hydrogen (secondary N) is 1. The largest absolute Gasteiger partial charge is 0.487 e. The first kappa shape index (κ1) is 15.3. The third-order valence-corrected chi connectivity index (χ3v) is 3.83. The van der Waals surface area contributed by atoms with E-state index in [-0.39, 0.29) is 41.1 Å². The monoisotopic (exact) mass is 320 g/mol. The van der Waals surface area contributed by atoms with Gasteiger partial charge in [-0.1, -0.05) is 0 Å². The average Bonchev–Trinajstić information content (AvgIpc) is 2.46. The van der Waals surface area contributed by atoms with Crippen molar-refractivity contribution in [2.45, 2.75) is 32.9 Å². The zero-order valence-electron chi connectivity index (χ0n) is 13.0. The van der Waals surface area contributed by atoms with Gasteiger partial charge in [0.2, 0.25) is 5.43 Å². The van der Waals surface area contributed by atoms with Crippen LogP contribution < -0.4 is 15.5 Å². The minimum absolute atomic E-state index is 0.0123. The second kappa shape index (κ2) is 5.26. The number of nitrogens with zero attached hydrogens (tertiary/aromatic N) is 1. The fourth-order valence-corrected chi connectivity index (χ4v) is 2.80. The molecule has 122 valence electrons. The maximum absolute atomic E-state index is 14.5. The van der Waals surface area contributed by atoms with Gasteiger partial charge < -0.3 is 19.7 Å². The third kappa shape index (κ3) is 2.32. The molecule has 6 nitrogen and oxygen atoms in total. The Labute approximate surface area is 131 Å². The van der Waals surface area contributed by atoms with Crippen molar-refractivity contribution in [2.75, 3.05) is 11.9 Å². The number of pyridine rings is 1. The van der Waals surface area contributed by atoms with Gasteiger partial charge in [-0.25, -0.2) is 9.18 Å². The summed E-state index contributed by atoms with van der Waals surface area (Å²) < 4.78 is 21.8. The minimum atomic E-state index is -1.33. The van der Waals surface area contributed by atoms with Crippen molar-refractivity contribution in [3.63, 3.8) is 0 Å². The maximum Gasteiger partial charge on any atom is 0.341 e. The highest BCUT2D eigenvalue weighted by molar-refractivity contribution is 5.97. The van der Waals surface area contributed by atoms with Crippen LogP contribution in [0.25, 0.3) is 10.9 Å². The van der Waals surface area contributed by atoms with E-state index in [0.29, 0.717) is 5.52 Å². The number of carbonyl (C=O) groups is 1. The topological polar surface area (TPSA) is 80.6 Å². The molecule has 2 heterocycles. The Morgan fingerprint density at radius 2 is 2.22 bits per heavy atom. The standard InChI is InChI=1S/C16H17FN2O4/c1-7(2)18-12-11(17)4-9-13-15(12)23-6-8(3)19(13)5-10(14(9)20)16(21)22/h4-5,7-8,18H,6H2,1-3H3,(H,21,22). The summed E-state index contributed by atoms with van der Waals surface area (Å²) in [4.78, 5) is 23.7. The summed E-state index contributed by atoms with van der Waals surface area (Å²) in [6.45, 7) is 5.84. The Balaban J connectivity index is 2.45. The summed E-state index contributed by atoms with van der Waals surface area (Å²) in [5.74, 6) is -1.71. The molecule has 3 rings (SSSR count). The quantitative estimate of drug-likeness (QED) is 0.908. The van der Waals surface area contributed by atoms with Gasteiger partial charge in [-0.15, -0.1) is 0 Å². The zero-order chi connectivity index (χ0) is 16.9. The second-order valence-electron chi connectivity index (χ2n) is 6.00. The number of hydrogen-bond donors (Lipinski definition) is 2. The van der Waals surface area contributed by atoms with Gasteiger partial charge in [0.15, 0.2) is 11.6 Å². The van der Waals surface area contributed by atoms with Crippen LogP contribution in [-0.4, -0.2) is 28.3 Å². The van der Waals surface area contributed by atoms with Crippen LogP contribution in [0.2, 0.25) is 0 Å². The number of anilines is 1. The summed E-state index contributed by atoms with van der Waals surface area (Å²) in [6.07, 6.45) is 1.31. The Hall–Kier alpha value is -2.57. The van der Waals surface area contributed by atoms with E-state index in [0.717, 1.165) is 6.07 Å². The van der Waals surface area contributed by atoms with Crippen LogP contribution in [0.1, 0.15) is 37.2 Å². The summed E-state index contributed by atoms with van der Waals surface area (Å²) in [5, 5.41) is 12.2. The molecule has 1 aliphatic rings. The molecule has 7 heteroatoms. The van der Waals surface area contributed by atoms with E-state index in [1.54, 1.807) is 4.57 Å². The first-order valence-corrected chi connectivity index (χ1v) is 7.35. The van der Waals surface area contributed by atoms with Crippen molar-refractivity contribution in [1.82, 2.24) is 4.57 Å². The van der Waals surface area contributed by atoms with E-state index in [2.05, 4.69) is 5.32 Å². The van der Waals surface area contributed by atoms with Crippen LogP contribution in [0, 0.1) is 5.82 Å². The number of aromatic carboxylic acids is 1. The lowest BCUT2D eigenvalue weighted by atomic mass is 10.1. The van der Waals surface area contributed by atoms with Gasteiger partial charge >= 0.3 is 5.97 Å². The predicted octanol–water partition coefficient (Wildman–Crippen LogP) is 2.61. The number of hydrogen-bond acceptors (Lipinski definition) is 4. The smallest absolute Gasteiger partial charge is 0.341 e. The van der Waals surface area contributed by atoms with Crippen molar-refractivity contribution in [3.05, 3.63) is 33.9 Å². The molecule has 0 saturated heterocycles. The molecule has 1 atom stereocenters. The van der Waals surface area contributed by atoms with E-state index in [1.165, 1.54) is 6.20 Å². The maximum atomic E-state index is 14.5. The van der Waals surface area contributed by atoms with Gasteiger partial charge in [0.05, 0.1) is 16.9 Å². The number of carboxylic acid groups (broad SMARTS) is 1. The van der Waals surface area contributed by atoms with Gasteiger partial charge in [-0.2, -0.15) is 0 Å². The number of halogens is 1. The lowest BCUT2D eigenvalue weighted by Crippen LogP contribution is -2.27. The summed E-state index contributed by atoms with van der Waals surface area (Å²) in [7, 11) is 0. The summed E-state index contributed by atoms with van der Waals surface area (Å²) >= 11 is 0. The normalized spacial score (nSPS) is 16.5. The molecule has 0 radical (unpaired) electrons. The zero-order valence-corrected chi connectivity index (χ0v) is 13.0. The highest BCUT2D eigenvalue weighted by Crippen LogP contribution is 2.40. The molecule has 2 aromatic rings. The molecule has 1 unspecified atom stereocenters. The van der Waals surface area contributed by atoms with Crippen molar-refractivity contribution in [1.29, 1.82) is 0 Å². The second-order valence-corrected chi connectivity index (χ2v) is 6.00. The molecule has 1 aliphatic heterocycles. The van der Waals surface area contributed by atoms with Crippen LogP contribution in [0.4, 0.5) is 10.1 Å². The number of rotatable bonds is 3. The number of carboxylic acids is 1. The minimum Gasteiger partial charge on any atom is -0.487 e. The molecule has 2 N–H and O–H groups in total. The Bertz CT molecular complexity index is 873. The van der Waals surface area contributed by atoms with E-state index in [1.807, 2.05) is 20.8 Å². The van der Waals surface area contributed by atoms with Crippen molar-refractivity contribution >= 4 is 22.6 Å². The Morgan fingerprint density at radius 1 is 1.52 bits per heavy atom. The fraction of sp³-hybridized carbons (Fsp3) is 0.375.